The van der Waals surface area contributed by atoms with Gasteiger partial charge in [0.05, 0.1) is 41.3 Å². The molecule has 0 radical (unpaired) electrons. The van der Waals surface area contributed by atoms with E-state index in [0.717, 1.165) is 0 Å². The average molecular weight is 501 g/mol. The van der Waals surface area contributed by atoms with E-state index in [-0.39, 0.29) is 92.2 Å². The van der Waals surface area contributed by atoms with Crippen LogP contribution in [0.4, 0.5) is 0 Å². The normalized spacial score (nSPS) is 16.8. The monoisotopic (exact) mass is 500 g/mol. The predicted molar refractivity (Wildman–Crippen MR) is 156 cm³/mol. The van der Waals surface area contributed by atoms with Gasteiger partial charge in [-0.2, -0.15) is 0 Å². The maximum absolute atomic E-state index is 8.70. The van der Waals surface area contributed by atoms with Gasteiger partial charge in [-0.05, 0) is 59.6 Å². The Labute approximate surface area is 238 Å². The smallest absolute Gasteiger partial charge is 0.0847 e. The Morgan fingerprint density at radius 2 is 0.842 bits per heavy atom. The number of hydrogen-bond donors (Lipinski definition) is 0. The third kappa shape index (κ3) is 3.04. The van der Waals surface area contributed by atoms with Crippen LogP contribution in [0.25, 0.3) is 66.1 Å². The summed E-state index contributed by atoms with van der Waals surface area (Å²) < 4.78 is 121. The van der Waals surface area contributed by atoms with Gasteiger partial charge in [-0.3, -0.25) is 9.97 Å². The van der Waals surface area contributed by atoms with Gasteiger partial charge in [-0.1, -0.05) is 60.5 Å². The molecule has 0 aliphatic carbocycles. The van der Waals surface area contributed by atoms with Crippen molar-refractivity contribution in [2.75, 3.05) is 0 Å². The molecule has 4 aromatic carbocycles. The highest BCUT2D eigenvalue weighted by molar-refractivity contribution is 6.09. The minimum absolute atomic E-state index is 0.0308. The molecule has 4 nitrogen and oxygen atoms in total. The van der Waals surface area contributed by atoms with Crippen molar-refractivity contribution in [2.24, 2.45) is 0 Å². The number of para-hydroxylation sites is 2. The molecule has 0 N–H and O–H groups in total. The molecule has 8 aromatic rings. The molecule has 0 unspecified atom stereocenters. The van der Waals surface area contributed by atoms with Gasteiger partial charge in [-0.15, -0.1) is 0 Å². The topological polar surface area (TPSA) is 35.6 Å². The molecule has 0 fully saturated rings. The highest BCUT2D eigenvalue weighted by atomic mass is 15.0. The van der Waals surface area contributed by atoms with Crippen LogP contribution in [-0.2, 0) is 0 Å². The minimum Gasteiger partial charge on any atom is -0.309 e. The maximum atomic E-state index is 8.70. The largest absolute Gasteiger partial charge is 0.309 e. The molecule has 0 aliphatic rings. The summed E-state index contributed by atoms with van der Waals surface area (Å²) in [6.45, 7) is 0. The molecule has 0 saturated heterocycles. The van der Waals surface area contributed by atoms with E-state index >= 15 is 0 Å². The van der Waals surface area contributed by atoms with Crippen LogP contribution < -0.4 is 0 Å². The summed E-state index contributed by atoms with van der Waals surface area (Å²) in [6, 6.07) is 9.64. The Bertz CT molecular complexity index is 2680. The molecular weight excluding hydrogens is 464 g/mol. The van der Waals surface area contributed by atoms with Gasteiger partial charge in [0.15, 0.2) is 0 Å². The van der Waals surface area contributed by atoms with Crippen LogP contribution in [0.2, 0.25) is 0 Å². The molecule has 178 valence electrons. The van der Waals surface area contributed by atoms with Crippen LogP contribution in [0.1, 0.15) is 19.2 Å². The fourth-order valence-corrected chi connectivity index (χ4v) is 4.90. The van der Waals surface area contributed by atoms with Crippen LogP contribution in [0.15, 0.2) is 134 Å². The molecule has 0 spiro atoms. The Morgan fingerprint density at radius 1 is 0.447 bits per heavy atom. The lowest BCUT2D eigenvalue weighted by Gasteiger charge is -2.11. The Balaban J connectivity index is 1.30. The number of fused-ring (bicyclic) bond motifs is 6. The molecule has 0 saturated carbocycles. The molecular formula is C34H22N4. The van der Waals surface area contributed by atoms with Gasteiger partial charge < -0.3 is 9.13 Å². The summed E-state index contributed by atoms with van der Waals surface area (Å²) in [4.78, 5) is 7.67. The molecule has 4 aromatic heterocycles. The molecule has 8 rings (SSSR count). The summed E-state index contributed by atoms with van der Waals surface area (Å²) in [6.07, 6.45) is -1.71. The van der Waals surface area contributed by atoms with E-state index in [1.54, 1.807) is 48.5 Å². The first-order valence-corrected chi connectivity index (χ1v) is 11.6. The first-order chi connectivity index (χ1) is 24.6. The van der Waals surface area contributed by atoms with E-state index in [1.165, 1.54) is 9.13 Å². The molecule has 4 heterocycles. The first-order valence-electron chi connectivity index (χ1n) is 18.6. The quantitative estimate of drug-likeness (QED) is 0.244. The van der Waals surface area contributed by atoms with Crippen molar-refractivity contribution in [1.82, 2.24) is 19.1 Å². The lowest BCUT2D eigenvalue weighted by molar-refractivity contribution is 1.17. The number of aromatic nitrogens is 4. The summed E-state index contributed by atoms with van der Waals surface area (Å²) in [5.74, 6) is 0. The summed E-state index contributed by atoms with van der Waals surface area (Å²) in [5.41, 5.74) is 2.47. The third-order valence-corrected chi connectivity index (χ3v) is 6.58. The summed E-state index contributed by atoms with van der Waals surface area (Å²) >= 11 is 0. The Kier molecular flexibility index (Phi) is 2.46. The van der Waals surface area contributed by atoms with Crippen LogP contribution in [0.3, 0.4) is 0 Å². The summed E-state index contributed by atoms with van der Waals surface area (Å²) in [5, 5.41) is 0.144. The van der Waals surface area contributed by atoms with Crippen LogP contribution in [0.5, 0.6) is 0 Å². The number of hydrogen-bond acceptors (Lipinski definition) is 2. The zero-order valence-electron chi connectivity index (χ0n) is 33.4. The fraction of sp³-hybridized carbons (Fsp3) is 0. The molecule has 38 heavy (non-hydrogen) atoms. The number of rotatable bonds is 3. The maximum Gasteiger partial charge on any atom is 0.0847 e. The highest BCUT2D eigenvalue weighted by Crippen LogP contribution is 2.34. The van der Waals surface area contributed by atoms with Crippen molar-refractivity contribution < 1.29 is 19.2 Å². The standard InChI is InChI=1S/C34H22N4/c1-3-7-31-27(5-1)29-21-35-19-17-33(29)37(31)25-13-9-23(10-14-25)24-11-15-26(16-12-24)38-32-8-4-2-6-28(32)30-22-36-20-18-34(30)38/h1-22H/i1D,2D,3D,4D,5D,6D,7D,8D,17D,18D,19D,20D,21D,22D. The number of benzene rings is 4. The van der Waals surface area contributed by atoms with Crippen LogP contribution in [0, 0.1) is 0 Å². The zero-order chi connectivity index (χ0) is 37.2. The Hall–Kier alpha value is -5.22. The van der Waals surface area contributed by atoms with Gasteiger partial charge >= 0.3 is 0 Å². The highest BCUT2D eigenvalue weighted by Gasteiger charge is 2.13. The predicted octanol–water partition coefficient (Wildman–Crippen LogP) is 8.34. The average Bonchev–Trinajstić information content (AvgIpc) is 3.69. The van der Waals surface area contributed by atoms with Crippen molar-refractivity contribution in [3.63, 3.8) is 0 Å². The zero-order valence-corrected chi connectivity index (χ0v) is 19.4. The lowest BCUT2D eigenvalue weighted by atomic mass is 10.0. The van der Waals surface area contributed by atoms with Crippen LogP contribution >= 0.6 is 0 Å². The molecule has 0 atom stereocenters. The molecule has 0 amide bonds. The first kappa shape index (κ1) is 11.4. The third-order valence-electron chi connectivity index (χ3n) is 6.58. The number of pyridine rings is 2. The van der Waals surface area contributed by atoms with Crippen LogP contribution in [-0.4, -0.2) is 19.1 Å². The van der Waals surface area contributed by atoms with E-state index in [2.05, 4.69) is 9.97 Å². The minimum atomic E-state index is -0.492. The van der Waals surface area contributed by atoms with E-state index in [0.29, 0.717) is 22.5 Å². The van der Waals surface area contributed by atoms with Gasteiger partial charge in [0.2, 0.25) is 0 Å². The second-order valence-electron chi connectivity index (χ2n) is 8.58. The second-order valence-corrected chi connectivity index (χ2v) is 8.58. The molecule has 0 bridgehead atoms. The number of nitrogens with zero attached hydrogens (tertiary/aromatic N) is 4. The van der Waals surface area contributed by atoms with Crippen molar-refractivity contribution >= 4 is 43.6 Å². The van der Waals surface area contributed by atoms with Gasteiger partial charge in [0, 0.05) is 57.6 Å². The van der Waals surface area contributed by atoms with Gasteiger partial charge in [-0.25, -0.2) is 0 Å². The van der Waals surface area contributed by atoms with E-state index < -0.39 is 36.5 Å². The van der Waals surface area contributed by atoms with Crippen molar-refractivity contribution in [2.45, 2.75) is 0 Å². The van der Waals surface area contributed by atoms with E-state index in [9.17, 15) is 0 Å². The lowest BCUT2D eigenvalue weighted by Crippen LogP contribution is -1.94. The second kappa shape index (κ2) is 8.15. The van der Waals surface area contributed by atoms with Gasteiger partial charge in [0.1, 0.15) is 0 Å². The molecule has 4 heteroatoms. The van der Waals surface area contributed by atoms with Crippen molar-refractivity contribution in [1.29, 1.82) is 0 Å². The van der Waals surface area contributed by atoms with Gasteiger partial charge in [0.25, 0.3) is 0 Å². The Morgan fingerprint density at radius 3 is 1.29 bits per heavy atom. The van der Waals surface area contributed by atoms with Crippen molar-refractivity contribution in [3.05, 3.63) is 134 Å². The fourth-order valence-electron chi connectivity index (χ4n) is 4.90. The van der Waals surface area contributed by atoms with E-state index in [4.69, 9.17) is 19.2 Å². The van der Waals surface area contributed by atoms with E-state index in [1.807, 2.05) is 0 Å². The molecule has 0 aliphatic heterocycles. The van der Waals surface area contributed by atoms with Crippen molar-refractivity contribution in [3.8, 4) is 22.5 Å². The summed E-state index contributed by atoms with van der Waals surface area (Å²) in [7, 11) is 0. The SMILES string of the molecule is [2H]c1nc([2H])c2c3c([2H])c([2H])c([2H])c([2H])c3n(-c3ccc(-c4ccc(-n5c6c([2H])c([2H])nc([2H])c6c6c([2H])c([2H])c([2H])c([2H])c65)cc4)cc3)c2c1[2H].